The van der Waals surface area contributed by atoms with Gasteiger partial charge in [0.2, 0.25) is 0 Å². The molecule has 1 aliphatic heterocycles. The lowest BCUT2D eigenvalue weighted by atomic mass is 10.1. The van der Waals surface area contributed by atoms with Crippen LogP contribution >= 0.6 is 0 Å². The van der Waals surface area contributed by atoms with Crippen molar-refractivity contribution in [2.45, 2.75) is 18.9 Å². The second kappa shape index (κ2) is 4.68. The van der Waals surface area contributed by atoms with Crippen LogP contribution in [0.1, 0.15) is 12.0 Å². The van der Waals surface area contributed by atoms with E-state index in [1.165, 1.54) is 5.56 Å². The highest BCUT2D eigenvalue weighted by Gasteiger charge is 2.22. The van der Waals surface area contributed by atoms with Gasteiger partial charge in [0, 0.05) is 0 Å². The Morgan fingerprint density at radius 3 is 2.79 bits per heavy atom. The molecule has 0 radical (unpaired) electrons. The first-order valence-corrected chi connectivity index (χ1v) is 5.61. The molecular formula is C10H12O3S. The largest absolute Gasteiger partial charge is 0.305 e. The molecule has 1 aromatic rings. The van der Waals surface area contributed by atoms with Gasteiger partial charge in [0.25, 0.3) is 0 Å². The molecule has 1 saturated heterocycles. The summed E-state index contributed by atoms with van der Waals surface area (Å²) in [6.07, 6.45) is 1.78. The monoisotopic (exact) mass is 212 g/mol. The Kier molecular flexibility index (Phi) is 3.29. The van der Waals surface area contributed by atoms with Gasteiger partial charge < -0.3 is 0 Å². The Labute approximate surface area is 85.9 Å². The van der Waals surface area contributed by atoms with E-state index in [0.717, 1.165) is 12.8 Å². The van der Waals surface area contributed by atoms with Crippen LogP contribution in [0.4, 0.5) is 0 Å². The molecular weight excluding hydrogens is 200 g/mol. The first-order chi connectivity index (χ1) is 6.84. The molecule has 1 unspecified atom stereocenters. The Balaban J connectivity index is 1.80. The maximum atomic E-state index is 10.7. The van der Waals surface area contributed by atoms with Crippen molar-refractivity contribution in [3.63, 3.8) is 0 Å². The van der Waals surface area contributed by atoms with Gasteiger partial charge >= 0.3 is 11.4 Å². The average molecular weight is 212 g/mol. The van der Waals surface area contributed by atoms with Gasteiger partial charge in [0.1, 0.15) is 6.10 Å². The number of aryl methyl sites for hydroxylation is 1. The van der Waals surface area contributed by atoms with Crippen LogP contribution < -0.4 is 0 Å². The molecule has 2 atom stereocenters. The fraction of sp³-hybridized carbons (Fsp3) is 0.400. The second-order valence-electron chi connectivity index (χ2n) is 3.23. The lowest BCUT2D eigenvalue weighted by molar-refractivity contribution is 0.228. The quantitative estimate of drug-likeness (QED) is 0.763. The van der Waals surface area contributed by atoms with E-state index in [2.05, 4.69) is 12.1 Å². The number of hydrogen-bond acceptors (Lipinski definition) is 3. The molecule has 4 heteroatoms. The predicted octanol–water partition coefficient (Wildman–Crippen LogP) is 1.61. The van der Waals surface area contributed by atoms with Crippen LogP contribution in [0.25, 0.3) is 0 Å². The molecule has 0 aliphatic carbocycles. The molecule has 0 amide bonds. The highest BCUT2D eigenvalue weighted by molar-refractivity contribution is 7.75. The minimum absolute atomic E-state index is 0.0176. The van der Waals surface area contributed by atoms with E-state index in [1.807, 2.05) is 18.2 Å². The zero-order chi connectivity index (χ0) is 9.80. The molecule has 0 N–H and O–H groups in total. The Bertz CT molecular complexity index is 312. The molecule has 0 saturated carbocycles. The highest BCUT2D eigenvalue weighted by Crippen LogP contribution is 2.14. The summed E-state index contributed by atoms with van der Waals surface area (Å²) in [5.41, 5.74) is 1.27. The van der Waals surface area contributed by atoms with Gasteiger partial charge in [-0.3, -0.25) is 8.37 Å². The standard InChI is InChI=1S/C10H12O3S/c11-14-12-8-10(13-14)7-6-9-4-2-1-3-5-9/h1-5,10H,6-8H2/t10-,14?/m0/s1. The summed E-state index contributed by atoms with van der Waals surface area (Å²) in [5.74, 6) is 0. The molecule has 3 nitrogen and oxygen atoms in total. The zero-order valence-electron chi connectivity index (χ0n) is 7.72. The number of rotatable bonds is 3. The molecule has 14 heavy (non-hydrogen) atoms. The zero-order valence-corrected chi connectivity index (χ0v) is 8.53. The maximum Gasteiger partial charge on any atom is 0.305 e. The minimum atomic E-state index is -1.51. The van der Waals surface area contributed by atoms with Crippen molar-refractivity contribution in [2.75, 3.05) is 6.61 Å². The van der Waals surface area contributed by atoms with E-state index in [-0.39, 0.29) is 6.10 Å². The van der Waals surface area contributed by atoms with Crippen molar-refractivity contribution >= 4 is 11.4 Å². The van der Waals surface area contributed by atoms with Gasteiger partial charge in [-0.2, -0.15) is 4.21 Å². The lowest BCUT2D eigenvalue weighted by Crippen LogP contribution is -2.10. The van der Waals surface area contributed by atoms with Crippen LogP contribution in [-0.2, 0) is 26.1 Å². The summed E-state index contributed by atoms with van der Waals surface area (Å²) in [5, 5.41) is 0. The van der Waals surface area contributed by atoms with Gasteiger partial charge in [0.05, 0.1) is 6.61 Å². The summed E-state index contributed by atoms with van der Waals surface area (Å²) in [7, 11) is 0. The molecule has 0 spiro atoms. The van der Waals surface area contributed by atoms with E-state index in [4.69, 9.17) is 8.37 Å². The van der Waals surface area contributed by atoms with Gasteiger partial charge in [0.15, 0.2) is 0 Å². The van der Waals surface area contributed by atoms with Crippen LogP contribution in [0.5, 0.6) is 0 Å². The first-order valence-electron chi connectivity index (χ1n) is 4.61. The topological polar surface area (TPSA) is 35.5 Å². The van der Waals surface area contributed by atoms with Gasteiger partial charge in [-0.1, -0.05) is 30.3 Å². The van der Waals surface area contributed by atoms with E-state index in [1.54, 1.807) is 0 Å². The summed E-state index contributed by atoms with van der Waals surface area (Å²) in [6.45, 7) is 0.444. The third-order valence-electron chi connectivity index (χ3n) is 2.16. The van der Waals surface area contributed by atoms with Crippen LogP contribution in [-0.4, -0.2) is 16.9 Å². The summed E-state index contributed by atoms with van der Waals surface area (Å²) < 4.78 is 20.6. The Morgan fingerprint density at radius 2 is 2.14 bits per heavy atom. The van der Waals surface area contributed by atoms with Crippen molar-refractivity contribution in [2.24, 2.45) is 0 Å². The van der Waals surface area contributed by atoms with Gasteiger partial charge in [-0.25, -0.2) is 0 Å². The fourth-order valence-corrected chi connectivity index (χ4v) is 2.09. The molecule has 0 aromatic heterocycles. The first kappa shape index (κ1) is 9.83. The van der Waals surface area contributed by atoms with Crippen LogP contribution in [0.2, 0.25) is 0 Å². The predicted molar refractivity (Wildman–Crippen MR) is 53.7 cm³/mol. The fourth-order valence-electron chi connectivity index (χ4n) is 1.40. The van der Waals surface area contributed by atoms with Crippen molar-refractivity contribution in [3.05, 3.63) is 35.9 Å². The van der Waals surface area contributed by atoms with E-state index in [9.17, 15) is 4.21 Å². The second-order valence-corrected chi connectivity index (χ2v) is 4.07. The third kappa shape index (κ3) is 2.64. The van der Waals surface area contributed by atoms with E-state index < -0.39 is 11.4 Å². The maximum absolute atomic E-state index is 10.7. The molecule has 1 heterocycles. The van der Waals surface area contributed by atoms with Crippen molar-refractivity contribution < 1.29 is 12.6 Å². The van der Waals surface area contributed by atoms with E-state index in [0.29, 0.717) is 6.61 Å². The lowest BCUT2D eigenvalue weighted by Gasteiger charge is -2.04. The normalized spacial score (nSPS) is 26.6. The average Bonchev–Trinajstić information content (AvgIpc) is 2.63. The number of hydrogen-bond donors (Lipinski definition) is 0. The molecule has 0 bridgehead atoms. The van der Waals surface area contributed by atoms with Crippen LogP contribution in [0, 0.1) is 0 Å². The van der Waals surface area contributed by atoms with Crippen molar-refractivity contribution in [1.29, 1.82) is 0 Å². The number of benzene rings is 1. The summed E-state index contributed by atoms with van der Waals surface area (Å²) in [4.78, 5) is 0. The summed E-state index contributed by atoms with van der Waals surface area (Å²) >= 11 is -1.51. The Morgan fingerprint density at radius 1 is 1.36 bits per heavy atom. The van der Waals surface area contributed by atoms with Gasteiger partial charge in [-0.15, -0.1) is 0 Å². The van der Waals surface area contributed by atoms with E-state index >= 15 is 0 Å². The van der Waals surface area contributed by atoms with Crippen LogP contribution in [0.3, 0.4) is 0 Å². The highest BCUT2D eigenvalue weighted by atomic mass is 32.2. The van der Waals surface area contributed by atoms with Crippen LogP contribution in [0.15, 0.2) is 30.3 Å². The SMILES string of the molecule is O=S1OC[C@H](CCc2ccccc2)O1. The minimum Gasteiger partial charge on any atom is -0.266 e. The summed E-state index contributed by atoms with van der Waals surface area (Å²) in [6, 6.07) is 10.2. The molecule has 76 valence electrons. The smallest absolute Gasteiger partial charge is 0.266 e. The van der Waals surface area contributed by atoms with Crippen molar-refractivity contribution in [3.8, 4) is 0 Å². The molecule has 2 rings (SSSR count). The Hall–Kier alpha value is -0.710. The molecule has 1 aliphatic rings. The van der Waals surface area contributed by atoms with Gasteiger partial charge in [-0.05, 0) is 18.4 Å². The molecule has 1 aromatic carbocycles. The van der Waals surface area contributed by atoms with Crippen molar-refractivity contribution in [1.82, 2.24) is 0 Å². The third-order valence-corrected chi connectivity index (χ3v) is 2.92. The molecule has 1 fully saturated rings.